The van der Waals surface area contributed by atoms with Crippen molar-refractivity contribution in [3.8, 4) is 5.75 Å². The summed E-state index contributed by atoms with van der Waals surface area (Å²) in [6.07, 6.45) is 1.79. The first kappa shape index (κ1) is 21.0. The third kappa shape index (κ3) is 5.41. The molecule has 1 heterocycles. The molecule has 0 aromatic heterocycles. The van der Waals surface area contributed by atoms with Crippen LogP contribution in [-0.4, -0.2) is 40.3 Å². The number of nitrogens with zero attached hydrogens (tertiary/aromatic N) is 2. The number of methoxy groups -OCH3 is 1. The zero-order valence-corrected chi connectivity index (χ0v) is 17.2. The monoisotopic (exact) mass is 430 g/mol. The molecule has 1 amide bonds. The highest BCUT2D eigenvalue weighted by Gasteiger charge is 2.31. The topological polar surface area (TPSA) is 81.9 Å². The highest BCUT2D eigenvalue weighted by atomic mass is 32.2. The van der Waals surface area contributed by atoms with Crippen molar-refractivity contribution in [3.63, 3.8) is 0 Å². The van der Waals surface area contributed by atoms with Crippen LogP contribution < -0.4 is 4.74 Å². The third-order valence-corrected chi connectivity index (χ3v) is 5.48. The van der Waals surface area contributed by atoms with Crippen LogP contribution in [0.3, 0.4) is 0 Å². The van der Waals surface area contributed by atoms with E-state index < -0.39 is 4.92 Å². The second kappa shape index (κ2) is 9.64. The Morgan fingerprint density at radius 2 is 2.00 bits per heavy atom. The lowest BCUT2D eigenvalue weighted by Gasteiger charge is -2.12. The molecule has 9 heteroatoms. The molecule has 1 fully saturated rings. The van der Waals surface area contributed by atoms with Crippen LogP contribution in [0.2, 0.25) is 0 Å². The maximum Gasteiger partial charge on any atom is 0.269 e. The maximum atomic E-state index is 12.4. The number of carbonyl (C=O) groups excluding carboxylic acids is 1. The molecule has 0 aliphatic carbocycles. The summed E-state index contributed by atoms with van der Waals surface area (Å²) in [4.78, 5) is 25.0. The van der Waals surface area contributed by atoms with Gasteiger partial charge in [-0.25, -0.2) is 0 Å². The summed E-state index contributed by atoms with van der Waals surface area (Å²) < 4.78 is 11.2. The Balaban J connectivity index is 1.62. The number of amides is 1. The lowest BCUT2D eigenvalue weighted by atomic mass is 10.2. The first-order chi connectivity index (χ1) is 14.0. The van der Waals surface area contributed by atoms with Gasteiger partial charge >= 0.3 is 0 Å². The van der Waals surface area contributed by atoms with E-state index in [4.69, 9.17) is 21.7 Å². The molecule has 1 aliphatic rings. The van der Waals surface area contributed by atoms with Gasteiger partial charge in [-0.1, -0.05) is 48.2 Å². The first-order valence-corrected chi connectivity index (χ1v) is 9.91. The van der Waals surface area contributed by atoms with Crippen molar-refractivity contribution in [2.75, 3.05) is 20.3 Å². The van der Waals surface area contributed by atoms with E-state index in [2.05, 4.69) is 0 Å². The van der Waals surface area contributed by atoms with Crippen molar-refractivity contribution < 1.29 is 19.2 Å². The standard InChI is InChI=1S/C20H18N2O5S2/c1-26-10-9-21-19(23)18(29-20(21)28)12-14-5-7-17(8-6-14)27-13-15-3-2-4-16(11-15)22(24)25/h2-8,11-12H,9-10,13H2,1H3/b18-12-. The number of thioether (sulfide) groups is 1. The summed E-state index contributed by atoms with van der Waals surface area (Å²) in [7, 11) is 1.58. The molecule has 0 radical (unpaired) electrons. The van der Waals surface area contributed by atoms with Gasteiger partial charge in [0.1, 0.15) is 16.7 Å². The number of thiocarbonyl (C=S) groups is 1. The van der Waals surface area contributed by atoms with Gasteiger partial charge in [0.25, 0.3) is 11.6 Å². The molecule has 2 aromatic carbocycles. The summed E-state index contributed by atoms with van der Waals surface area (Å²) in [5, 5.41) is 10.8. The number of non-ortho nitro benzene ring substituents is 1. The van der Waals surface area contributed by atoms with E-state index >= 15 is 0 Å². The number of hydrogen-bond donors (Lipinski definition) is 0. The second-order valence-electron chi connectivity index (χ2n) is 6.11. The molecule has 0 saturated carbocycles. The van der Waals surface area contributed by atoms with Crippen molar-refractivity contribution in [2.24, 2.45) is 0 Å². The first-order valence-electron chi connectivity index (χ1n) is 8.68. The number of nitro groups is 1. The molecule has 0 bridgehead atoms. The minimum Gasteiger partial charge on any atom is -0.489 e. The Kier molecular flexibility index (Phi) is 6.97. The molecule has 150 valence electrons. The fourth-order valence-electron chi connectivity index (χ4n) is 2.61. The summed E-state index contributed by atoms with van der Waals surface area (Å²) in [6, 6.07) is 13.6. The molecule has 0 atom stereocenters. The average Bonchev–Trinajstić information content (AvgIpc) is 2.98. The predicted octanol–water partition coefficient (Wildman–Crippen LogP) is 4.02. The highest BCUT2D eigenvalue weighted by molar-refractivity contribution is 8.26. The van der Waals surface area contributed by atoms with Gasteiger partial charge in [0.2, 0.25) is 0 Å². The van der Waals surface area contributed by atoms with Gasteiger partial charge in [0.15, 0.2) is 0 Å². The van der Waals surface area contributed by atoms with Crippen LogP contribution in [0.4, 0.5) is 5.69 Å². The lowest BCUT2D eigenvalue weighted by molar-refractivity contribution is -0.384. The van der Waals surface area contributed by atoms with Crippen LogP contribution in [0, 0.1) is 10.1 Å². The zero-order chi connectivity index (χ0) is 20.8. The van der Waals surface area contributed by atoms with Gasteiger partial charge < -0.3 is 9.47 Å². The zero-order valence-electron chi connectivity index (χ0n) is 15.6. The molecule has 1 saturated heterocycles. The SMILES string of the molecule is COCCN1C(=O)/C(=C/c2ccc(OCc3cccc([N+](=O)[O-])c3)cc2)SC1=S. The number of nitro benzene ring substituents is 1. The molecule has 29 heavy (non-hydrogen) atoms. The summed E-state index contributed by atoms with van der Waals surface area (Å²) in [5.74, 6) is 0.504. The Morgan fingerprint density at radius 1 is 1.24 bits per heavy atom. The van der Waals surface area contributed by atoms with Gasteiger partial charge in [-0.3, -0.25) is 19.8 Å². The van der Waals surface area contributed by atoms with Gasteiger partial charge in [0.05, 0.1) is 23.0 Å². The van der Waals surface area contributed by atoms with Crippen LogP contribution in [0.5, 0.6) is 5.75 Å². The molecule has 0 spiro atoms. The number of hydrogen-bond acceptors (Lipinski definition) is 7. The quantitative estimate of drug-likeness (QED) is 0.271. The number of ether oxygens (including phenoxy) is 2. The van der Waals surface area contributed by atoms with E-state index in [0.717, 1.165) is 5.56 Å². The largest absolute Gasteiger partial charge is 0.489 e. The van der Waals surface area contributed by atoms with Gasteiger partial charge in [-0.2, -0.15) is 0 Å². The Hall–Kier alpha value is -2.75. The van der Waals surface area contributed by atoms with Crippen molar-refractivity contribution in [2.45, 2.75) is 6.61 Å². The minimum atomic E-state index is -0.434. The van der Waals surface area contributed by atoms with E-state index in [1.807, 2.05) is 12.1 Å². The van der Waals surface area contributed by atoms with Crippen molar-refractivity contribution in [1.29, 1.82) is 0 Å². The molecular weight excluding hydrogens is 412 g/mol. The molecule has 7 nitrogen and oxygen atoms in total. The number of rotatable bonds is 8. The van der Waals surface area contributed by atoms with Crippen LogP contribution in [0.25, 0.3) is 6.08 Å². The normalized spacial score (nSPS) is 15.2. The molecule has 0 N–H and O–H groups in total. The molecule has 1 aliphatic heterocycles. The summed E-state index contributed by atoms with van der Waals surface area (Å²) >= 11 is 6.53. The molecule has 0 unspecified atom stereocenters. The van der Waals surface area contributed by atoms with Crippen LogP contribution in [0.15, 0.2) is 53.4 Å². The number of carbonyl (C=O) groups is 1. The summed E-state index contributed by atoms with van der Waals surface area (Å²) in [5.41, 5.74) is 1.59. The van der Waals surface area contributed by atoms with E-state index in [0.29, 0.717) is 33.7 Å². The average molecular weight is 431 g/mol. The van der Waals surface area contributed by atoms with Crippen LogP contribution >= 0.6 is 24.0 Å². The number of benzene rings is 2. The van der Waals surface area contributed by atoms with Crippen molar-refractivity contribution in [1.82, 2.24) is 4.90 Å². The third-order valence-electron chi connectivity index (χ3n) is 4.10. The smallest absolute Gasteiger partial charge is 0.269 e. The lowest BCUT2D eigenvalue weighted by Crippen LogP contribution is -2.31. The molecule has 3 rings (SSSR count). The maximum absolute atomic E-state index is 12.4. The molecular formula is C20H18N2O5S2. The Bertz CT molecular complexity index is 960. The van der Waals surface area contributed by atoms with E-state index in [1.54, 1.807) is 37.5 Å². The van der Waals surface area contributed by atoms with Crippen LogP contribution in [-0.2, 0) is 16.1 Å². The van der Waals surface area contributed by atoms with Crippen LogP contribution in [0.1, 0.15) is 11.1 Å². The Labute approximate surface area is 177 Å². The van der Waals surface area contributed by atoms with Gasteiger partial charge in [0, 0.05) is 19.2 Å². The Morgan fingerprint density at radius 3 is 2.69 bits per heavy atom. The fraction of sp³-hybridized carbons (Fsp3) is 0.200. The minimum absolute atomic E-state index is 0.0317. The van der Waals surface area contributed by atoms with E-state index in [9.17, 15) is 14.9 Å². The summed E-state index contributed by atoms with van der Waals surface area (Å²) in [6.45, 7) is 1.08. The van der Waals surface area contributed by atoms with Gasteiger partial charge in [-0.15, -0.1) is 0 Å². The van der Waals surface area contributed by atoms with Crippen molar-refractivity contribution in [3.05, 3.63) is 74.7 Å². The van der Waals surface area contributed by atoms with E-state index in [-0.39, 0.29) is 18.2 Å². The predicted molar refractivity (Wildman–Crippen MR) is 116 cm³/mol. The molecule has 2 aromatic rings. The highest BCUT2D eigenvalue weighted by Crippen LogP contribution is 2.32. The second-order valence-corrected chi connectivity index (χ2v) is 7.79. The van der Waals surface area contributed by atoms with Gasteiger partial charge in [-0.05, 0) is 29.3 Å². The fourth-order valence-corrected chi connectivity index (χ4v) is 3.92. The van der Waals surface area contributed by atoms with Crippen molar-refractivity contribution >= 4 is 46.0 Å². The van der Waals surface area contributed by atoms with E-state index in [1.165, 1.54) is 28.8 Å².